The standard InChI is InChI=1S/C21H27N3O2/c1-2-21(13-25)11-15-9-10-18(21)24(15)19(26)12-23-17-6-4-3-5-16(17)22-20(23)14-7-8-14/h3-6,14-15,18,25H,2,7-13H2,1H3/t15-,18+,21-/m0/s1. The number of carbonyl (C=O) groups excluding carboxylic acids is 1. The van der Waals surface area contributed by atoms with Crippen molar-refractivity contribution in [2.24, 2.45) is 5.41 Å². The first-order chi connectivity index (χ1) is 12.7. The van der Waals surface area contributed by atoms with Crippen molar-refractivity contribution in [2.75, 3.05) is 6.61 Å². The van der Waals surface area contributed by atoms with Crippen LogP contribution in [0.2, 0.25) is 0 Å². The second-order valence-electron chi connectivity index (χ2n) is 8.45. The maximum atomic E-state index is 13.3. The second kappa shape index (κ2) is 5.81. The zero-order chi connectivity index (χ0) is 17.9. The van der Waals surface area contributed by atoms with Crippen molar-refractivity contribution < 1.29 is 9.90 Å². The molecule has 26 heavy (non-hydrogen) atoms. The van der Waals surface area contributed by atoms with Crippen LogP contribution < -0.4 is 0 Å². The van der Waals surface area contributed by atoms with Crippen molar-refractivity contribution >= 4 is 16.9 Å². The van der Waals surface area contributed by atoms with Crippen LogP contribution in [0.25, 0.3) is 11.0 Å². The fourth-order valence-electron chi connectivity index (χ4n) is 5.46. The number of aromatic nitrogens is 2. The van der Waals surface area contributed by atoms with Gasteiger partial charge in [-0.2, -0.15) is 0 Å². The van der Waals surface area contributed by atoms with Crippen LogP contribution in [-0.4, -0.2) is 44.2 Å². The number of aliphatic hydroxyl groups is 1. The highest BCUT2D eigenvalue weighted by Crippen LogP contribution is 2.51. The number of nitrogens with zero attached hydrogens (tertiary/aromatic N) is 3. The molecule has 1 aliphatic carbocycles. The Bertz CT molecular complexity index is 850. The van der Waals surface area contributed by atoms with Crippen molar-refractivity contribution in [1.82, 2.24) is 14.5 Å². The zero-order valence-electron chi connectivity index (χ0n) is 15.4. The number of rotatable bonds is 5. The molecule has 2 aromatic rings. The Hall–Kier alpha value is -1.88. The average molecular weight is 353 g/mol. The molecule has 138 valence electrons. The summed E-state index contributed by atoms with van der Waals surface area (Å²) in [6, 6.07) is 8.65. The van der Waals surface area contributed by atoms with Gasteiger partial charge in [-0.1, -0.05) is 19.1 Å². The highest BCUT2D eigenvalue weighted by molar-refractivity contribution is 5.82. The molecule has 3 heterocycles. The van der Waals surface area contributed by atoms with Crippen LogP contribution in [-0.2, 0) is 11.3 Å². The Labute approximate surface area is 154 Å². The van der Waals surface area contributed by atoms with E-state index in [4.69, 9.17) is 4.98 Å². The number of para-hydroxylation sites is 2. The van der Waals surface area contributed by atoms with Crippen molar-refractivity contribution in [2.45, 2.75) is 70.0 Å². The molecule has 2 aliphatic heterocycles. The van der Waals surface area contributed by atoms with Gasteiger partial charge in [-0.15, -0.1) is 0 Å². The topological polar surface area (TPSA) is 58.4 Å². The van der Waals surface area contributed by atoms with Crippen molar-refractivity contribution in [3.63, 3.8) is 0 Å². The number of fused-ring (bicyclic) bond motifs is 3. The van der Waals surface area contributed by atoms with Crippen LogP contribution in [0.5, 0.6) is 0 Å². The molecule has 2 bridgehead atoms. The van der Waals surface area contributed by atoms with E-state index in [1.165, 1.54) is 12.8 Å². The molecule has 5 heteroatoms. The smallest absolute Gasteiger partial charge is 0.243 e. The molecule has 1 amide bonds. The van der Waals surface area contributed by atoms with Gasteiger partial charge in [-0.3, -0.25) is 4.79 Å². The van der Waals surface area contributed by atoms with Gasteiger partial charge in [0.1, 0.15) is 12.4 Å². The molecule has 0 unspecified atom stereocenters. The molecular formula is C21H27N3O2. The summed E-state index contributed by atoms with van der Waals surface area (Å²) < 4.78 is 2.15. The molecular weight excluding hydrogens is 326 g/mol. The Morgan fingerprint density at radius 3 is 2.77 bits per heavy atom. The van der Waals surface area contributed by atoms with Crippen LogP contribution in [0, 0.1) is 5.41 Å². The minimum Gasteiger partial charge on any atom is -0.396 e. The van der Waals surface area contributed by atoms with E-state index in [9.17, 15) is 9.90 Å². The van der Waals surface area contributed by atoms with Gasteiger partial charge in [0, 0.05) is 23.4 Å². The third-order valence-electron chi connectivity index (χ3n) is 7.08. The van der Waals surface area contributed by atoms with E-state index in [1.807, 2.05) is 18.2 Å². The molecule has 3 aliphatic rings. The van der Waals surface area contributed by atoms with Crippen molar-refractivity contribution in [3.05, 3.63) is 30.1 Å². The van der Waals surface area contributed by atoms with Gasteiger partial charge >= 0.3 is 0 Å². The molecule has 1 aromatic carbocycles. The van der Waals surface area contributed by atoms with E-state index in [0.717, 1.165) is 42.5 Å². The molecule has 2 saturated heterocycles. The number of hydrogen-bond donors (Lipinski definition) is 1. The molecule has 0 radical (unpaired) electrons. The van der Waals surface area contributed by atoms with Gasteiger partial charge in [-0.05, 0) is 50.7 Å². The lowest BCUT2D eigenvalue weighted by atomic mass is 9.72. The van der Waals surface area contributed by atoms with Crippen LogP contribution in [0.4, 0.5) is 0 Å². The lowest BCUT2D eigenvalue weighted by Crippen LogP contribution is -2.43. The van der Waals surface area contributed by atoms with Gasteiger partial charge in [0.2, 0.25) is 5.91 Å². The number of carbonyl (C=O) groups is 1. The molecule has 3 atom stereocenters. The first kappa shape index (κ1) is 16.3. The van der Waals surface area contributed by atoms with Gasteiger partial charge in [0.05, 0.1) is 17.6 Å². The minimum absolute atomic E-state index is 0.0884. The third-order valence-corrected chi connectivity index (χ3v) is 7.08. The van der Waals surface area contributed by atoms with Crippen LogP contribution in [0.1, 0.15) is 57.2 Å². The molecule has 0 spiro atoms. The molecule has 5 rings (SSSR count). The van der Waals surface area contributed by atoms with E-state index in [1.54, 1.807) is 0 Å². The number of hydrogen-bond acceptors (Lipinski definition) is 3. The largest absolute Gasteiger partial charge is 0.396 e. The Balaban J connectivity index is 1.47. The number of imidazole rings is 1. The van der Waals surface area contributed by atoms with Crippen molar-refractivity contribution in [1.29, 1.82) is 0 Å². The molecule has 5 nitrogen and oxygen atoms in total. The normalized spacial score (nSPS) is 30.5. The summed E-state index contributed by atoms with van der Waals surface area (Å²) in [7, 11) is 0. The lowest BCUT2D eigenvalue weighted by Gasteiger charge is -2.34. The molecule has 1 N–H and O–H groups in total. The van der Waals surface area contributed by atoms with Crippen LogP contribution in [0.3, 0.4) is 0 Å². The first-order valence-corrected chi connectivity index (χ1v) is 10.0. The Morgan fingerprint density at radius 1 is 1.27 bits per heavy atom. The number of benzene rings is 1. The van der Waals surface area contributed by atoms with E-state index >= 15 is 0 Å². The monoisotopic (exact) mass is 353 g/mol. The summed E-state index contributed by atoms with van der Waals surface area (Å²) in [5.74, 6) is 1.79. The summed E-state index contributed by atoms with van der Waals surface area (Å²) in [5.41, 5.74) is 1.97. The Morgan fingerprint density at radius 2 is 2.08 bits per heavy atom. The van der Waals surface area contributed by atoms with Gasteiger partial charge in [0.15, 0.2) is 0 Å². The van der Waals surface area contributed by atoms with Gasteiger partial charge in [-0.25, -0.2) is 4.98 Å². The SMILES string of the molecule is CC[C@@]1(CO)C[C@@H]2CC[C@H]1N2C(=O)Cn1c(C2CC2)nc2ccccc21. The van der Waals surface area contributed by atoms with Crippen LogP contribution in [0.15, 0.2) is 24.3 Å². The second-order valence-corrected chi connectivity index (χ2v) is 8.45. The van der Waals surface area contributed by atoms with Gasteiger partial charge in [0.25, 0.3) is 0 Å². The lowest BCUT2D eigenvalue weighted by molar-refractivity contribution is -0.134. The fourth-order valence-corrected chi connectivity index (χ4v) is 5.46. The highest BCUT2D eigenvalue weighted by atomic mass is 16.3. The highest BCUT2D eigenvalue weighted by Gasteiger charge is 2.56. The summed E-state index contributed by atoms with van der Waals surface area (Å²) >= 11 is 0. The molecule has 3 fully saturated rings. The summed E-state index contributed by atoms with van der Waals surface area (Å²) in [5, 5.41) is 10.0. The van der Waals surface area contributed by atoms with Crippen molar-refractivity contribution in [3.8, 4) is 0 Å². The average Bonchev–Trinajstić information content (AvgIpc) is 3.23. The maximum absolute atomic E-state index is 13.3. The van der Waals surface area contributed by atoms with E-state index < -0.39 is 0 Å². The Kier molecular flexibility index (Phi) is 3.64. The van der Waals surface area contributed by atoms with Gasteiger partial charge < -0.3 is 14.6 Å². The zero-order valence-corrected chi connectivity index (χ0v) is 15.4. The maximum Gasteiger partial charge on any atom is 0.243 e. The summed E-state index contributed by atoms with van der Waals surface area (Å²) in [6.07, 6.45) is 6.36. The fraction of sp³-hybridized carbons (Fsp3) is 0.619. The quantitative estimate of drug-likeness (QED) is 0.899. The summed E-state index contributed by atoms with van der Waals surface area (Å²) in [6.45, 7) is 2.72. The summed E-state index contributed by atoms with van der Waals surface area (Å²) in [4.78, 5) is 20.3. The molecule has 1 aromatic heterocycles. The molecule has 1 saturated carbocycles. The van der Waals surface area contributed by atoms with E-state index in [0.29, 0.717) is 18.5 Å². The predicted molar refractivity (Wildman–Crippen MR) is 99.8 cm³/mol. The predicted octanol–water partition coefficient (Wildman–Crippen LogP) is 3.07. The van der Waals surface area contributed by atoms with E-state index in [2.05, 4.69) is 22.5 Å². The first-order valence-electron chi connectivity index (χ1n) is 10.0. The third kappa shape index (κ3) is 2.26. The van der Waals surface area contributed by atoms with Crippen LogP contribution >= 0.6 is 0 Å². The number of amides is 1. The number of aliphatic hydroxyl groups excluding tert-OH is 1. The van der Waals surface area contributed by atoms with E-state index in [-0.39, 0.29) is 24.0 Å². The minimum atomic E-state index is -0.0884.